The van der Waals surface area contributed by atoms with Crippen LogP contribution in [-0.4, -0.2) is 49.7 Å². The molecule has 1 N–H and O–H groups in total. The van der Waals surface area contributed by atoms with Crippen molar-refractivity contribution in [2.75, 3.05) is 32.8 Å². The topological polar surface area (TPSA) is 41.6 Å². The van der Waals surface area contributed by atoms with E-state index in [1.165, 1.54) is 12.8 Å². The van der Waals surface area contributed by atoms with Crippen LogP contribution >= 0.6 is 0 Å². The van der Waals surface area contributed by atoms with Crippen LogP contribution in [0.1, 0.15) is 38.5 Å². The average molecular weight is 252 g/mol. The molecular weight excluding hydrogens is 228 g/mol. The molecule has 0 bridgehead atoms. The SMILES string of the molecule is O=C(C1CCCN1)N1CCCC2(CCCOC2)C1. The fraction of sp³-hybridized carbons (Fsp3) is 0.929. The lowest BCUT2D eigenvalue weighted by Crippen LogP contribution is -2.53. The third-order valence-corrected chi connectivity index (χ3v) is 4.74. The number of nitrogens with one attached hydrogen (secondary N) is 1. The highest BCUT2D eigenvalue weighted by Gasteiger charge is 2.40. The number of hydrogen-bond acceptors (Lipinski definition) is 3. The van der Waals surface area contributed by atoms with E-state index in [1.54, 1.807) is 0 Å². The number of amides is 1. The summed E-state index contributed by atoms with van der Waals surface area (Å²) in [4.78, 5) is 14.5. The van der Waals surface area contributed by atoms with Crippen LogP contribution in [0.5, 0.6) is 0 Å². The Kier molecular flexibility index (Phi) is 3.57. The summed E-state index contributed by atoms with van der Waals surface area (Å²) in [6, 6.07) is 0.0876. The molecule has 0 aliphatic carbocycles. The maximum absolute atomic E-state index is 12.4. The van der Waals surface area contributed by atoms with Crippen LogP contribution in [0.4, 0.5) is 0 Å². The zero-order valence-electron chi connectivity index (χ0n) is 11.1. The smallest absolute Gasteiger partial charge is 0.239 e. The summed E-state index contributed by atoms with van der Waals surface area (Å²) in [5, 5.41) is 3.32. The van der Waals surface area contributed by atoms with Gasteiger partial charge >= 0.3 is 0 Å². The van der Waals surface area contributed by atoms with Gasteiger partial charge in [0.25, 0.3) is 0 Å². The van der Waals surface area contributed by atoms with Crippen LogP contribution in [-0.2, 0) is 9.53 Å². The van der Waals surface area contributed by atoms with Gasteiger partial charge in [-0.2, -0.15) is 0 Å². The second-order valence-electron chi connectivity index (χ2n) is 6.17. The molecule has 0 saturated carbocycles. The van der Waals surface area contributed by atoms with Gasteiger partial charge < -0.3 is 15.0 Å². The molecule has 4 heteroatoms. The molecule has 2 unspecified atom stereocenters. The van der Waals surface area contributed by atoms with Gasteiger partial charge in [-0.05, 0) is 45.1 Å². The second-order valence-corrected chi connectivity index (χ2v) is 6.17. The quantitative estimate of drug-likeness (QED) is 0.761. The Morgan fingerprint density at radius 2 is 2.17 bits per heavy atom. The van der Waals surface area contributed by atoms with E-state index in [-0.39, 0.29) is 11.5 Å². The van der Waals surface area contributed by atoms with Gasteiger partial charge in [-0.1, -0.05) is 0 Å². The van der Waals surface area contributed by atoms with Gasteiger partial charge in [-0.3, -0.25) is 4.79 Å². The summed E-state index contributed by atoms with van der Waals surface area (Å²) in [5.41, 5.74) is 0.269. The number of hydrogen-bond donors (Lipinski definition) is 1. The van der Waals surface area contributed by atoms with E-state index in [0.29, 0.717) is 5.91 Å². The van der Waals surface area contributed by atoms with E-state index >= 15 is 0 Å². The molecule has 1 amide bonds. The minimum atomic E-state index is 0.0876. The van der Waals surface area contributed by atoms with Crippen LogP contribution in [0.2, 0.25) is 0 Å². The van der Waals surface area contributed by atoms with Crippen LogP contribution < -0.4 is 5.32 Å². The number of carbonyl (C=O) groups is 1. The van der Waals surface area contributed by atoms with Crippen LogP contribution in [0.25, 0.3) is 0 Å². The lowest BCUT2D eigenvalue weighted by atomic mass is 9.75. The van der Waals surface area contributed by atoms with E-state index in [2.05, 4.69) is 10.2 Å². The third-order valence-electron chi connectivity index (χ3n) is 4.74. The molecule has 3 aliphatic rings. The van der Waals surface area contributed by atoms with Crippen molar-refractivity contribution >= 4 is 5.91 Å². The monoisotopic (exact) mass is 252 g/mol. The van der Waals surface area contributed by atoms with Crippen molar-refractivity contribution < 1.29 is 9.53 Å². The molecule has 0 aromatic heterocycles. The van der Waals surface area contributed by atoms with Crippen LogP contribution in [0, 0.1) is 5.41 Å². The van der Waals surface area contributed by atoms with Gasteiger partial charge in [0.2, 0.25) is 5.91 Å². The van der Waals surface area contributed by atoms with Gasteiger partial charge in [0.15, 0.2) is 0 Å². The third kappa shape index (κ3) is 2.41. The van der Waals surface area contributed by atoms with E-state index < -0.39 is 0 Å². The maximum Gasteiger partial charge on any atom is 0.239 e. The first-order chi connectivity index (χ1) is 8.79. The summed E-state index contributed by atoms with van der Waals surface area (Å²) in [6.45, 7) is 4.62. The Morgan fingerprint density at radius 1 is 1.28 bits per heavy atom. The molecule has 102 valence electrons. The van der Waals surface area contributed by atoms with Crippen molar-refractivity contribution in [2.45, 2.75) is 44.6 Å². The van der Waals surface area contributed by atoms with Gasteiger partial charge in [0, 0.05) is 25.1 Å². The zero-order chi connectivity index (χ0) is 12.4. The average Bonchev–Trinajstić information content (AvgIpc) is 2.93. The van der Waals surface area contributed by atoms with Crippen molar-refractivity contribution in [3.05, 3.63) is 0 Å². The molecule has 1 spiro atoms. The van der Waals surface area contributed by atoms with Crippen molar-refractivity contribution in [1.82, 2.24) is 10.2 Å². The Morgan fingerprint density at radius 3 is 2.89 bits per heavy atom. The second kappa shape index (κ2) is 5.17. The van der Waals surface area contributed by atoms with Gasteiger partial charge in [0.05, 0.1) is 12.6 Å². The maximum atomic E-state index is 12.4. The van der Waals surface area contributed by atoms with E-state index in [1.807, 2.05) is 0 Å². The molecule has 3 rings (SSSR count). The highest BCUT2D eigenvalue weighted by atomic mass is 16.5. The lowest BCUT2D eigenvalue weighted by Gasteiger charge is -2.45. The molecule has 3 fully saturated rings. The number of carbonyl (C=O) groups excluding carboxylic acids is 1. The molecule has 2 atom stereocenters. The highest BCUT2D eigenvalue weighted by Crippen LogP contribution is 2.37. The molecule has 3 saturated heterocycles. The molecule has 0 aromatic carbocycles. The summed E-state index contributed by atoms with van der Waals surface area (Å²) in [6.07, 6.45) is 6.91. The van der Waals surface area contributed by atoms with Gasteiger partial charge in [-0.25, -0.2) is 0 Å². The number of ether oxygens (including phenoxy) is 1. The minimum Gasteiger partial charge on any atom is -0.381 e. The Hall–Kier alpha value is -0.610. The normalized spacial score (nSPS) is 37.1. The molecular formula is C14H24N2O2. The standard InChI is InChI=1S/C14H24N2O2/c17-13(12-4-1-7-15-12)16-8-2-5-14(10-16)6-3-9-18-11-14/h12,15H,1-11H2. The largest absolute Gasteiger partial charge is 0.381 e. The van der Waals surface area contributed by atoms with Gasteiger partial charge in [0.1, 0.15) is 0 Å². The summed E-state index contributed by atoms with van der Waals surface area (Å²) < 4.78 is 5.66. The number of piperidine rings is 1. The molecule has 0 aromatic rings. The number of likely N-dealkylation sites (tertiary alicyclic amines) is 1. The minimum absolute atomic E-state index is 0.0876. The van der Waals surface area contributed by atoms with Crippen molar-refractivity contribution in [2.24, 2.45) is 5.41 Å². The fourth-order valence-corrected chi connectivity index (χ4v) is 3.74. The van der Waals surface area contributed by atoms with E-state index in [9.17, 15) is 4.79 Å². The molecule has 18 heavy (non-hydrogen) atoms. The molecule has 4 nitrogen and oxygen atoms in total. The van der Waals surface area contributed by atoms with Crippen molar-refractivity contribution in [3.63, 3.8) is 0 Å². The first kappa shape index (κ1) is 12.4. The Balaban J connectivity index is 1.64. The summed E-state index contributed by atoms with van der Waals surface area (Å²) >= 11 is 0. The predicted octanol–water partition coefficient (Wildman–Crippen LogP) is 1.16. The van der Waals surface area contributed by atoms with E-state index in [0.717, 1.165) is 58.5 Å². The summed E-state index contributed by atoms with van der Waals surface area (Å²) in [7, 11) is 0. The van der Waals surface area contributed by atoms with Gasteiger partial charge in [-0.15, -0.1) is 0 Å². The first-order valence-electron chi connectivity index (χ1n) is 7.39. The molecule has 0 radical (unpaired) electrons. The van der Waals surface area contributed by atoms with Crippen molar-refractivity contribution in [1.29, 1.82) is 0 Å². The number of nitrogens with zero attached hydrogens (tertiary/aromatic N) is 1. The van der Waals surface area contributed by atoms with E-state index in [4.69, 9.17) is 4.74 Å². The molecule has 3 aliphatic heterocycles. The predicted molar refractivity (Wildman–Crippen MR) is 69.3 cm³/mol. The number of rotatable bonds is 1. The lowest BCUT2D eigenvalue weighted by molar-refractivity contribution is -0.139. The fourth-order valence-electron chi connectivity index (χ4n) is 3.74. The van der Waals surface area contributed by atoms with Crippen LogP contribution in [0.3, 0.4) is 0 Å². The molecule has 3 heterocycles. The van der Waals surface area contributed by atoms with Crippen LogP contribution in [0.15, 0.2) is 0 Å². The highest BCUT2D eigenvalue weighted by molar-refractivity contribution is 5.82. The zero-order valence-corrected chi connectivity index (χ0v) is 11.1. The Bertz CT molecular complexity index is 301. The first-order valence-corrected chi connectivity index (χ1v) is 7.39. The summed E-state index contributed by atoms with van der Waals surface area (Å²) in [5.74, 6) is 0.331. The Labute approximate surface area is 109 Å². The van der Waals surface area contributed by atoms with Crippen molar-refractivity contribution in [3.8, 4) is 0 Å².